The van der Waals surface area contributed by atoms with E-state index in [1.807, 2.05) is 6.07 Å². The van der Waals surface area contributed by atoms with Gasteiger partial charge >= 0.3 is 0 Å². The Morgan fingerprint density at radius 1 is 1.10 bits per heavy atom. The summed E-state index contributed by atoms with van der Waals surface area (Å²) >= 11 is 3.56. The molecule has 0 atom stereocenters. The fraction of sp³-hybridized carbons (Fsp3) is 0.294. The molecule has 0 radical (unpaired) electrons. The number of rotatable bonds is 6. The van der Waals surface area contributed by atoms with Gasteiger partial charge in [-0.2, -0.15) is 0 Å². The molecule has 0 aliphatic heterocycles. The first-order chi connectivity index (χ1) is 9.66. The SMILES string of the molecule is Cc1cc(C)c(OCCNCc2ccccc2)c(Br)c1. The highest BCUT2D eigenvalue weighted by Gasteiger charge is 2.05. The number of nitrogens with one attached hydrogen (secondary N) is 1. The molecule has 2 aromatic carbocycles. The van der Waals surface area contributed by atoms with Crippen molar-refractivity contribution in [1.82, 2.24) is 5.32 Å². The molecule has 2 rings (SSSR count). The third-order valence-electron chi connectivity index (χ3n) is 3.07. The highest BCUT2D eigenvalue weighted by Crippen LogP contribution is 2.29. The molecule has 0 aliphatic rings. The van der Waals surface area contributed by atoms with Gasteiger partial charge in [0.05, 0.1) is 4.47 Å². The second kappa shape index (κ2) is 7.46. The van der Waals surface area contributed by atoms with Crippen molar-refractivity contribution < 1.29 is 4.74 Å². The average molecular weight is 334 g/mol. The van der Waals surface area contributed by atoms with Crippen LogP contribution in [0.2, 0.25) is 0 Å². The molecule has 0 amide bonds. The van der Waals surface area contributed by atoms with Crippen molar-refractivity contribution >= 4 is 15.9 Å². The molecular formula is C17H20BrNO. The largest absolute Gasteiger partial charge is 0.491 e. The van der Waals surface area contributed by atoms with Crippen molar-refractivity contribution in [1.29, 1.82) is 0 Å². The van der Waals surface area contributed by atoms with E-state index >= 15 is 0 Å². The summed E-state index contributed by atoms with van der Waals surface area (Å²) in [6.45, 7) is 6.52. The monoisotopic (exact) mass is 333 g/mol. The van der Waals surface area contributed by atoms with E-state index < -0.39 is 0 Å². The van der Waals surface area contributed by atoms with E-state index in [1.165, 1.54) is 16.7 Å². The summed E-state index contributed by atoms with van der Waals surface area (Å²) in [6, 6.07) is 14.6. The third-order valence-corrected chi connectivity index (χ3v) is 3.66. The Morgan fingerprint density at radius 2 is 1.85 bits per heavy atom. The van der Waals surface area contributed by atoms with Gasteiger partial charge in [-0.3, -0.25) is 0 Å². The fourth-order valence-corrected chi connectivity index (χ4v) is 2.93. The zero-order valence-electron chi connectivity index (χ0n) is 11.9. The van der Waals surface area contributed by atoms with Crippen LogP contribution in [-0.4, -0.2) is 13.2 Å². The Hall–Kier alpha value is -1.32. The van der Waals surface area contributed by atoms with Gasteiger partial charge in [-0.25, -0.2) is 0 Å². The minimum Gasteiger partial charge on any atom is -0.491 e. The van der Waals surface area contributed by atoms with Crippen molar-refractivity contribution in [2.45, 2.75) is 20.4 Å². The Balaban J connectivity index is 1.76. The first-order valence-electron chi connectivity index (χ1n) is 6.81. The number of hydrogen-bond acceptors (Lipinski definition) is 2. The molecule has 0 aliphatic carbocycles. The van der Waals surface area contributed by atoms with Crippen molar-refractivity contribution in [3.63, 3.8) is 0 Å². The van der Waals surface area contributed by atoms with E-state index in [0.717, 1.165) is 23.3 Å². The normalized spacial score (nSPS) is 10.6. The van der Waals surface area contributed by atoms with Crippen LogP contribution in [0.25, 0.3) is 0 Å². The van der Waals surface area contributed by atoms with Crippen LogP contribution < -0.4 is 10.1 Å². The quantitative estimate of drug-likeness (QED) is 0.798. The maximum Gasteiger partial charge on any atom is 0.136 e. The average Bonchev–Trinajstić information content (AvgIpc) is 2.42. The van der Waals surface area contributed by atoms with Gasteiger partial charge in [0.25, 0.3) is 0 Å². The Kier molecular flexibility index (Phi) is 5.62. The minimum absolute atomic E-state index is 0.662. The summed E-state index contributed by atoms with van der Waals surface area (Å²) in [4.78, 5) is 0. The summed E-state index contributed by atoms with van der Waals surface area (Å²) in [6.07, 6.45) is 0. The van der Waals surface area contributed by atoms with E-state index in [-0.39, 0.29) is 0 Å². The van der Waals surface area contributed by atoms with Crippen LogP contribution in [0.1, 0.15) is 16.7 Å². The topological polar surface area (TPSA) is 21.3 Å². The number of benzene rings is 2. The molecule has 0 unspecified atom stereocenters. The first kappa shape index (κ1) is 15.1. The van der Waals surface area contributed by atoms with Crippen LogP contribution in [0.15, 0.2) is 46.9 Å². The lowest BCUT2D eigenvalue weighted by atomic mass is 10.1. The Bertz CT molecular complexity index is 531. The Morgan fingerprint density at radius 3 is 2.55 bits per heavy atom. The van der Waals surface area contributed by atoms with E-state index in [1.54, 1.807) is 0 Å². The molecule has 20 heavy (non-hydrogen) atoms. The van der Waals surface area contributed by atoms with E-state index in [9.17, 15) is 0 Å². The Labute approximate surface area is 129 Å². The molecule has 0 heterocycles. The van der Waals surface area contributed by atoms with Crippen molar-refractivity contribution in [2.24, 2.45) is 0 Å². The molecule has 106 valence electrons. The van der Waals surface area contributed by atoms with Crippen molar-refractivity contribution in [3.05, 3.63) is 63.6 Å². The lowest BCUT2D eigenvalue weighted by Gasteiger charge is -2.12. The van der Waals surface area contributed by atoms with Gasteiger partial charge in [-0.05, 0) is 52.5 Å². The van der Waals surface area contributed by atoms with Gasteiger partial charge < -0.3 is 10.1 Å². The molecule has 2 nitrogen and oxygen atoms in total. The lowest BCUT2D eigenvalue weighted by molar-refractivity contribution is 0.310. The molecule has 0 aromatic heterocycles. The molecule has 0 bridgehead atoms. The van der Waals surface area contributed by atoms with Gasteiger partial charge in [-0.1, -0.05) is 36.4 Å². The second-order valence-electron chi connectivity index (χ2n) is 4.90. The smallest absolute Gasteiger partial charge is 0.136 e. The maximum absolute atomic E-state index is 5.85. The zero-order chi connectivity index (χ0) is 14.4. The van der Waals surface area contributed by atoms with Gasteiger partial charge in [0.1, 0.15) is 12.4 Å². The van der Waals surface area contributed by atoms with Gasteiger partial charge in [-0.15, -0.1) is 0 Å². The number of ether oxygens (including phenoxy) is 1. The molecule has 0 spiro atoms. The van der Waals surface area contributed by atoms with Crippen molar-refractivity contribution in [3.8, 4) is 5.75 Å². The second-order valence-corrected chi connectivity index (χ2v) is 5.76. The molecule has 1 N–H and O–H groups in total. The van der Waals surface area contributed by atoms with Gasteiger partial charge in [0.2, 0.25) is 0 Å². The number of aryl methyl sites for hydroxylation is 2. The predicted octanol–water partition coefficient (Wildman–Crippen LogP) is 4.23. The molecule has 3 heteroatoms. The number of halogens is 1. The molecular weight excluding hydrogens is 314 g/mol. The van der Waals surface area contributed by atoms with E-state index in [0.29, 0.717) is 6.61 Å². The zero-order valence-corrected chi connectivity index (χ0v) is 13.5. The maximum atomic E-state index is 5.85. The van der Waals surface area contributed by atoms with Crippen molar-refractivity contribution in [2.75, 3.05) is 13.2 Å². The fourth-order valence-electron chi connectivity index (χ4n) is 2.14. The summed E-state index contributed by atoms with van der Waals surface area (Å²) in [5, 5.41) is 3.38. The molecule has 0 fully saturated rings. The molecule has 2 aromatic rings. The van der Waals surface area contributed by atoms with E-state index in [2.05, 4.69) is 71.5 Å². The molecule has 0 saturated carbocycles. The van der Waals surface area contributed by atoms with Crippen LogP contribution in [0.4, 0.5) is 0 Å². The first-order valence-corrected chi connectivity index (χ1v) is 7.60. The lowest BCUT2D eigenvalue weighted by Crippen LogP contribution is -2.20. The summed E-state index contributed by atoms with van der Waals surface area (Å²) in [5.74, 6) is 0.942. The van der Waals surface area contributed by atoms with Gasteiger partial charge in [0, 0.05) is 13.1 Å². The standard InChI is InChI=1S/C17H20BrNO/c1-13-10-14(2)17(16(18)11-13)20-9-8-19-12-15-6-4-3-5-7-15/h3-7,10-11,19H,8-9,12H2,1-2H3. The summed E-state index contributed by atoms with van der Waals surface area (Å²) in [7, 11) is 0. The van der Waals surface area contributed by atoms with E-state index in [4.69, 9.17) is 4.74 Å². The number of hydrogen-bond donors (Lipinski definition) is 1. The van der Waals surface area contributed by atoms with Crippen LogP contribution in [0.5, 0.6) is 5.75 Å². The third kappa shape index (κ3) is 4.36. The van der Waals surface area contributed by atoms with Crippen LogP contribution in [0.3, 0.4) is 0 Å². The van der Waals surface area contributed by atoms with Gasteiger partial charge in [0.15, 0.2) is 0 Å². The highest BCUT2D eigenvalue weighted by molar-refractivity contribution is 9.10. The van der Waals surface area contributed by atoms with Crippen LogP contribution in [0, 0.1) is 13.8 Å². The predicted molar refractivity (Wildman–Crippen MR) is 87.3 cm³/mol. The minimum atomic E-state index is 0.662. The summed E-state index contributed by atoms with van der Waals surface area (Å²) in [5.41, 5.74) is 3.70. The highest BCUT2D eigenvalue weighted by atomic mass is 79.9. The molecule has 0 saturated heterocycles. The summed E-state index contributed by atoms with van der Waals surface area (Å²) < 4.78 is 6.88. The van der Waals surface area contributed by atoms with Crippen LogP contribution in [-0.2, 0) is 6.54 Å². The van der Waals surface area contributed by atoms with Crippen LogP contribution >= 0.6 is 15.9 Å².